The normalized spacial score (nSPS) is 15.6. The third kappa shape index (κ3) is 6.08. The third-order valence-corrected chi connectivity index (χ3v) is 8.87. The maximum absolute atomic E-state index is 12.8. The predicted molar refractivity (Wildman–Crippen MR) is 135 cm³/mol. The summed E-state index contributed by atoms with van der Waals surface area (Å²) in [6, 6.07) is 11.1. The maximum atomic E-state index is 12.8. The van der Waals surface area contributed by atoms with Crippen LogP contribution in [0.2, 0.25) is 5.02 Å². The van der Waals surface area contributed by atoms with Crippen LogP contribution in [0.3, 0.4) is 0 Å². The fourth-order valence-electron chi connectivity index (χ4n) is 3.53. The van der Waals surface area contributed by atoms with Crippen LogP contribution in [0.5, 0.6) is 0 Å². The fourth-order valence-corrected chi connectivity index (χ4v) is 6.18. The summed E-state index contributed by atoms with van der Waals surface area (Å²) >= 11 is 6.07. The Labute approximate surface area is 209 Å². The third-order valence-electron chi connectivity index (χ3n) is 5.40. The van der Waals surface area contributed by atoms with E-state index < -0.39 is 20.0 Å². The summed E-state index contributed by atoms with van der Waals surface area (Å²) in [5, 5.41) is 6.61. The van der Waals surface area contributed by atoms with Gasteiger partial charge in [0.1, 0.15) is 5.82 Å². The van der Waals surface area contributed by atoms with Crippen LogP contribution in [0.4, 0.5) is 17.5 Å². The first-order valence-corrected chi connectivity index (χ1v) is 14.2. The Morgan fingerprint density at radius 2 is 1.94 bits per heavy atom. The van der Waals surface area contributed by atoms with E-state index >= 15 is 0 Å². The summed E-state index contributed by atoms with van der Waals surface area (Å²) in [5.41, 5.74) is 1.72. The van der Waals surface area contributed by atoms with E-state index in [1.165, 1.54) is 18.2 Å². The lowest BCUT2D eigenvalue weighted by atomic mass is 10.2. The Morgan fingerprint density at radius 3 is 2.77 bits per heavy atom. The first-order chi connectivity index (χ1) is 16.7. The van der Waals surface area contributed by atoms with Gasteiger partial charge < -0.3 is 10.6 Å². The average molecular weight is 537 g/mol. The summed E-state index contributed by atoms with van der Waals surface area (Å²) < 4.78 is 55.7. The number of nitrogens with one attached hydrogen (secondary N) is 4. The highest BCUT2D eigenvalue weighted by atomic mass is 35.5. The summed E-state index contributed by atoms with van der Waals surface area (Å²) in [4.78, 5) is 9.14. The zero-order chi connectivity index (χ0) is 25.1. The minimum atomic E-state index is -3.75. The van der Waals surface area contributed by atoms with Crippen LogP contribution < -0.4 is 20.1 Å². The number of nitrogens with zero attached hydrogens (tertiary/aromatic N) is 2. The van der Waals surface area contributed by atoms with E-state index in [4.69, 9.17) is 11.6 Å². The number of fused-ring (bicyclic) bond motifs is 4. The summed E-state index contributed by atoms with van der Waals surface area (Å²) in [7, 11) is -7.38. The summed E-state index contributed by atoms with van der Waals surface area (Å²) in [5.74, 6) is 0.826. The standard InChI is InChI=1S/C22H25ClN6O4S2/c1-15-19(23)7-3-8-20(15)35(32,33)27-12-9-16-14-25-22-28-17-5-2-6-18(13-17)34(30,31)26-11-4-10-24-21(16)29-22/h2-3,5-8,13-14,26-27H,4,9-12H2,1H3,(H2,24,25,28,29). The maximum Gasteiger partial charge on any atom is 0.240 e. The predicted octanol–water partition coefficient (Wildman–Crippen LogP) is 2.80. The van der Waals surface area contributed by atoms with Gasteiger partial charge in [-0.1, -0.05) is 23.7 Å². The minimum Gasteiger partial charge on any atom is -0.370 e. The van der Waals surface area contributed by atoms with Crippen molar-refractivity contribution < 1.29 is 16.8 Å². The monoisotopic (exact) mass is 536 g/mol. The number of hydrogen-bond acceptors (Lipinski definition) is 8. The SMILES string of the molecule is Cc1c(Cl)cccc1S(=O)(=O)NCCc1cnc2nc1NCCCNS(=O)(=O)c1cccc(c1)N2. The van der Waals surface area contributed by atoms with Crippen LogP contribution in [0.25, 0.3) is 0 Å². The Bertz CT molecular complexity index is 1450. The molecular formula is C22H25ClN6O4S2. The molecular weight excluding hydrogens is 512 g/mol. The Morgan fingerprint density at radius 1 is 1.14 bits per heavy atom. The van der Waals surface area contributed by atoms with Crippen molar-refractivity contribution in [1.82, 2.24) is 19.4 Å². The van der Waals surface area contributed by atoms with E-state index in [0.29, 0.717) is 47.0 Å². The van der Waals surface area contributed by atoms with Crippen molar-refractivity contribution in [2.45, 2.75) is 29.6 Å². The molecule has 1 aliphatic heterocycles. The molecule has 0 spiro atoms. The van der Waals surface area contributed by atoms with Crippen molar-refractivity contribution in [3.8, 4) is 0 Å². The number of sulfonamides is 2. The van der Waals surface area contributed by atoms with Crippen molar-refractivity contribution in [2.24, 2.45) is 0 Å². The first kappa shape index (κ1) is 25.3. The zero-order valence-corrected chi connectivity index (χ0v) is 21.3. The second kappa shape index (κ2) is 10.5. The molecule has 0 aliphatic carbocycles. The number of rotatable bonds is 5. The Balaban J connectivity index is 1.52. The average Bonchev–Trinajstić information content (AvgIpc) is 2.81. The molecule has 186 valence electrons. The van der Waals surface area contributed by atoms with Crippen LogP contribution in [0.15, 0.2) is 58.5 Å². The van der Waals surface area contributed by atoms with Crippen molar-refractivity contribution in [2.75, 3.05) is 30.3 Å². The summed E-state index contributed by atoms with van der Waals surface area (Å²) in [6.45, 7) is 2.49. The van der Waals surface area contributed by atoms with Crippen LogP contribution in [-0.2, 0) is 26.5 Å². The molecule has 35 heavy (non-hydrogen) atoms. The molecule has 10 nitrogen and oxygen atoms in total. The Hall–Kier alpha value is -2.77. The lowest BCUT2D eigenvalue weighted by Crippen LogP contribution is -2.27. The van der Waals surface area contributed by atoms with Crippen molar-refractivity contribution >= 4 is 49.1 Å². The van der Waals surface area contributed by atoms with Crippen LogP contribution in [0, 0.1) is 6.92 Å². The van der Waals surface area contributed by atoms with Crippen LogP contribution >= 0.6 is 11.6 Å². The molecule has 0 unspecified atom stereocenters. The molecule has 0 radical (unpaired) electrons. The number of hydrogen-bond donors (Lipinski definition) is 4. The molecule has 1 aromatic heterocycles. The first-order valence-electron chi connectivity index (χ1n) is 10.9. The summed E-state index contributed by atoms with van der Waals surface area (Å²) in [6.07, 6.45) is 2.48. The van der Waals surface area contributed by atoms with Gasteiger partial charge in [0.15, 0.2) is 0 Å². The molecule has 3 aromatic rings. The van der Waals surface area contributed by atoms with Crippen molar-refractivity contribution in [3.05, 3.63) is 64.8 Å². The number of benzene rings is 2. The molecule has 0 atom stereocenters. The van der Waals surface area contributed by atoms with E-state index in [9.17, 15) is 16.8 Å². The molecule has 4 rings (SSSR count). The quantitative estimate of drug-likeness (QED) is 0.390. The van der Waals surface area contributed by atoms with Crippen LogP contribution in [0.1, 0.15) is 17.5 Å². The smallest absolute Gasteiger partial charge is 0.240 e. The largest absolute Gasteiger partial charge is 0.370 e. The highest BCUT2D eigenvalue weighted by Gasteiger charge is 2.19. The molecule has 4 N–H and O–H groups in total. The molecule has 4 bridgehead atoms. The lowest BCUT2D eigenvalue weighted by Gasteiger charge is -2.14. The van der Waals surface area contributed by atoms with E-state index in [1.54, 1.807) is 37.4 Å². The molecule has 0 saturated heterocycles. The van der Waals surface area contributed by atoms with Crippen molar-refractivity contribution in [3.63, 3.8) is 0 Å². The van der Waals surface area contributed by atoms with Gasteiger partial charge in [0, 0.05) is 42.1 Å². The van der Waals surface area contributed by atoms with Gasteiger partial charge in [-0.25, -0.2) is 31.3 Å². The van der Waals surface area contributed by atoms with Gasteiger partial charge in [-0.15, -0.1) is 0 Å². The zero-order valence-electron chi connectivity index (χ0n) is 18.9. The van der Waals surface area contributed by atoms with E-state index in [1.807, 2.05) is 0 Å². The number of halogens is 1. The second-order valence-corrected chi connectivity index (χ2v) is 11.8. The van der Waals surface area contributed by atoms with Crippen molar-refractivity contribution in [1.29, 1.82) is 0 Å². The highest BCUT2D eigenvalue weighted by molar-refractivity contribution is 7.89. The molecule has 0 fully saturated rings. The lowest BCUT2D eigenvalue weighted by molar-refractivity contribution is 0.578. The van der Waals surface area contributed by atoms with Gasteiger partial charge in [-0.05, 0) is 55.7 Å². The molecule has 13 heteroatoms. The van der Waals surface area contributed by atoms with Gasteiger partial charge in [0.2, 0.25) is 26.0 Å². The van der Waals surface area contributed by atoms with Gasteiger partial charge in [-0.3, -0.25) is 0 Å². The van der Waals surface area contributed by atoms with Crippen LogP contribution in [-0.4, -0.2) is 46.4 Å². The van der Waals surface area contributed by atoms with E-state index in [0.717, 1.165) is 0 Å². The topological polar surface area (TPSA) is 142 Å². The number of anilines is 3. The van der Waals surface area contributed by atoms with Gasteiger partial charge in [0.05, 0.1) is 9.79 Å². The fraction of sp³-hybridized carbons (Fsp3) is 0.273. The highest BCUT2D eigenvalue weighted by Crippen LogP contribution is 2.23. The molecule has 2 aromatic carbocycles. The molecule has 1 aliphatic rings. The Kier molecular flexibility index (Phi) is 7.57. The second-order valence-electron chi connectivity index (χ2n) is 7.91. The minimum absolute atomic E-state index is 0.126. The van der Waals surface area contributed by atoms with Gasteiger partial charge in [-0.2, -0.15) is 4.98 Å². The molecule has 0 amide bonds. The molecule has 2 heterocycles. The molecule has 0 saturated carbocycles. The van der Waals surface area contributed by atoms with E-state index in [2.05, 4.69) is 30.0 Å². The van der Waals surface area contributed by atoms with Gasteiger partial charge >= 0.3 is 0 Å². The van der Waals surface area contributed by atoms with E-state index in [-0.39, 0.29) is 28.8 Å². The van der Waals surface area contributed by atoms with Gasteiger partial charge in [0.25, 0.3) is 0 Å². The number of aromatic nitrogens is 2.